The van der Waals surface area contributed by atoms with Gasteiger partial charge in [0.15, 0.2) is 0 Å². The third-order valence-electron chi connectivity index (χ3n) is 4.34. The molecule has 0 unspecified atom stereocenters. The minimum absolute atomic E-state index is 0.125. The molecule has 1 aromatic heterocycles. The number of ether oxygens (including phenoxy) is 2. The summed E-state index contributed by atoms with van der Waals surface area (Å²) in [4.78, 5) is 27.8. The molecule has 1 amide bonds. The lowest BCUT2D eigenvalue weighted by Crippen LogP contribution is -2.24. The van der Waals surface area contributed by atoms with Crippen LogP contribution in [0, 0.1) is 13.8 Å². The maximum absolute atomic E-state index is 12.5. The number of esters is 1. The highest BCUT2D eigenvalue weighted by Gasteiger charge is 2.23. The van der Waals surface area contributed by atoms with Gasteiger partial charge in [-0.05, 0) is 44.2 Å². The van der Waals surface area contributed by atoms with Gasteiger partial charge in [0.25, 0.3) is 5.91 Å². The van der Waals surface area contributed by atoms with Gasteiger partial charge < -0.3 is 19.8 Å². The van der Waals surface area contributed by atoms with E-state index < -0.39 is 16.0 Å². The molecule has 0 spiro atoms. The fourth-order valence-corrected chi connectivity index (χ4v) is 3.48. The summed E-state index contributed by atoms with van der Waals surface area (Å²) in [6, 6.07) is 6.17. The van der Waals surface area contributed by atoms with E-state index in [1.165, 1.54) is 26.3 Å². The van der Waals surface area contributed by atoms with E-state index in [1.54, 1.807) is 26.0 Å². The molecule has 1 aromatic carbocycles. The van der Waals surface area contributed by atoms with E-state index in [4.69, 9.17) is 9.47 Å². The predicted molar refractivity (Wildman–Crippen MR) is 106 cm³/mol. The molecule has 10 heteroatoms. The number of aromatic amines is 1. The number of hydrogen-bond acceptors (Lipinski definition) is 6. The monoisotopic (exact) mass is 423 g/mol. The first-order valence-corrected chi connectivity index (χ1v) is 10.4. The minimum atomic E-state index is -3.51. The SMILES string of the molecule is CNS(=O)(=O)c1ccc(CNC(=O)c2[nH]c(C)c(C(=O)OCCOC)c2C)cc1. The highest BCUT2D eigenvalue weighted by molar-refractivity contribution is 7.89. The highest BCUT2D eigenvalue weighted by atomic mass is 32.2. The van der Waals surface area contributed by atoms with Crippen LogP contribution in [0.3, 0.4) is 0 Å². The van der Waals surface area contributed by atoms with Gasteiger partial charge in [-0.2, -0.15) is 0 Å². The second kappa shape index (κ2) is 9.68. The van der Waals surface area contributed by atoms with Gasteiger partial charge in [-0.3, -0.25) is 4.79 Å². The van der Waals surface area contributed by atoms with Crippen LogP contribution in [0.2, 0.25) is 0 Å². The van der Waals surface area contributed by atoms with Crippen molar-refractivity contribution in [2.75, 3.05) is 27.4 Å². The number of carbonyl (C=O) groups excluding carboxylic acids is 2. The van der Waals surface area contributed by atoms with Gasteiger partial charge in [-0.25, -0.2) is 17.9 Å². The quantitative estimate of drug-likeness (QED) is 0.412. The minimum Gasteiger partial charge on any atom is -0.460 e. The maximum Gasteiger partial charge on any atom is 0.340 e. The Morgan fingerprint density at radius 1 is 1.10 bits per heavy atom. The van der Waals surface area contributed by atoms with Crippen LogP contribution >= 0.6 is 0 Å². The Morgan fingerprint density at radius 3 is 2.34 bits per heavy atom. The molecule has 0 saturated carbocycles. The van der Waals surface area contributed by atoms with Gasteiger partial charge in [0.2, 0.25) is 10.0 Å². The molecular weight excluding hydrogens is 398 g/mol. The largest absolute Gasteiger partial charge is 0.460 e. The van der Waals surface area contributed by atoms with E-state index in [0.717, 1.165) is 5.56 Å². The van der Waals surface area contributed by atoms with Crippen molar-refractivity contribution in [1.29, 1.82) is 0 Å². The summed E-state index contributed by atoms with van der Waals surface area (Å²) < 4.78 is 35.7. The van der Waals surface area contributed by atoms with Crippen molar-refractivity contribution in [3.05, 3.63) is 52.3 Å². The van der Waals surface area contributed by atoms with Crippen LogP contribution in [0.25, 0.3) is 0 Å². The number of aryl methyl sites for hydroxylation is 1. The van der Waals surface area contributed by atoms with Gasteiger partial charge in [0.1, 0.15) is 12.3 Å². The van der Waals surface area contributed by atoms with Crippen LogP contribution in [0.15, 0.2) is 29.2 Å². The molecule has 3 N–H and O–H groups in total. The zero-order valence-electron chi connectivity index (χ0n) is 16.8. The second-order valence-corrected chi connectivity index (χ2v) is 8.17. The molecule has 0 aliphatic rings. The number of rotatable bonds is 9. The van der Waals surface area contributed by atoms with Crippen molar-refractivity contribution in [3.8, 4) is 0 Å². The van der Waals surface area contributed by atoms with Crippen molar-refractivity contribution in [3.63, 3.8) is 0 Å². The normalized spacial score (nSPS) is 11.3. The predicted octanol–water partition coefficient (Wildman–Crippen LogP) is 1.27. The Morgan fingerprint density at radius 2 is 1.76 bits per heavy atom. The van der Waals surface area contributed by atoms with Gasteiger partial charge in [0.05, 0.1) is 17.1 Å². The molecular formula is C19H25N3O6S. The Balaban J connectivity index is 2.06. The average molecular weight is 423 g/mol. The van der Waals surface area contributed by atoms with Crippen molar-refractivity contribution in [2.24, 2.45) is 0 Å². The smallest absolute Gasteiger partial charge is 0.340 e. The number of sulfonamides is 1. The number of amides is 1. The molecule has 0 saturated heterocycles. The van der Waals surface area contributed by atoms with Crippen molar-refractivity contribution in [2.45, 2.75) is 25.3 Å². The number of carbonyl (C=O) groups is 2. The Bertz CT molecular complexity index is 980. The maximum atomic E-state index is 12.5. The van der Waals surface area contributed by atoms with Crippen LogP contribution in [0.5, 0.6) is 0 Å². The lowest BCUT2D eigenvalue weighted by atomic mass is 10.1. The number of methoxy groups -OCH3 is 1. The lowest BCUT2D eigenvalue weighted by Gasteiger charge is -2.07. The molecule has 158 valence electrons. The first kappa shape index (κ1) is 22.6. The summed E-state index contributed by atoms with van der Waals surface area (Å²) in [5.41, 5.74) is 2.37. The molecule has 0 bridgehead atoms. The summed E-state index contributed by atoms with van der Waals surface area (Å²) in [6.45, 7) is 3.97. The summed E-state index contributed by atoms with van der Waals surface area (Å²) in [7, 11) is -0.658. The van der Waals surface area contributed by atoms with Crippen LogP contribution in [0.4, 0.5) is 0 Å². The molecule has 0 aliphatic heterocycles. The summed E-state index contributed by atoms with van der Waals surface area (Å²) >= 11 is 0. The molecule has 9 nitrogen and oxygen atoms in total. The van der Waals surface area contributed by atoms with E-state index in [2.05, 4.69) is 15.0 Å². The van der Waals surface area contributed by atoms with Crippen LogP contribution in [-0.2, 0) is 26.0 Å². The second-order valence-electron chi connectivity index (χ2n) is 6.29. The van der Waals surface area contributed by atoms with E-state index in [-0.39, 0.29) is 36.3 Å². The first-order chi connectivity index (χ1) is 13.7. The van der Waals surface area contributed by atoms with Gasteiger partial charge >= 0.3 is 5.97 Å². The fourth-order valence-electron chi connectivity index (χ4n) is 2.75. The van der Waals surface area contributed by atoms with E-state index in [0.29, 0.717) is 16.8 Å². The van der Waals surface area contributed by atoms with Gasteiger partial charge in [-0.1, -0.05) is 12.1 Å². The van der Waals surface area contributed by atoms with E-state index in [9.17, 15) is 18.0 Å². The van der Waals surface area contributed by atoms with E-state index >= 15 is 0 Å². The molecule has 2 aromatic rings. The molecule has 0 atom stereocenters. The van der Waals surface area contributed by atoms with Crippen LogP contribution in [0.1, 0.15) is 37.7 Å². The topological polar surface area (TPSA) is 127 Å². The van der Waals surface area contributed by atoms with Crippen molar-refractivity contribution < 1.29 is 27.5 Å². The average Bonchev–Trinajstić information content (AvgIpc) is 3.00. The number of aromatic nitrogens is 1. The molecule has 0 radical (unpaired) electrons. The number of benzene rings is 1. The fraction of sp³-hybridized carbons (Fsp3) is 0.368. The Kier molecular flexibility index (Phi) is 7.54. The van der Waals surface area contributed by atoms with Gasteiger partial charge in [-0.15, -0.1) is 0 Å². The summed E-state index contributed by atoms with van der Waals surface area (Å²) in [5, 5.41) is 2.75. The Labute approximate surface area is 169 Å². The lowest BCUT2D eigenvalue weighted by molar-refractivity contribution is 0.0386. The Hall–Kier alpha value is -2.69. The third-order valence-corrected chi connectivity index (χ3v) is 5.77. The zero-order valence-corrected chi connectivity index (χ0v) is 17.6. The van der Waals surface area contributed by atoms with Crippen LogP contribution < -0.4 is 10.0 Å². The molecule has 0 aliphatic carbocycles. The molecule has 2 rings (SSSR count). The highest BCUT2D eigenvalue weighted by Crippen LogP contribution is 2.19. The summed E-state index contributed by atoms with van der Waals surface area (Å²) in [5.74, 6) is -0.901. The zero-order chi connectivity index (χ0) is 21.6. The first-order valence-electron chi connectivity index (χ1n) is 8.87. The molecule has 0 fully saturated rings. The van der Waals surface area contributed by atoms with Crippen LogP contribution in [-0.4, -0.2) is 52.6 Å². The third kappa shape index (κ3) is 5.43. The number of H-pyrrole nitrogens is 1. The number of hydrogen-bond donors (Lipinski definition) is 3. The van der Waals surface area contributed by atoms with E-state index in [1.807, 2.05) is 0 Å². The summed E-state index contributed by atoms with van der Waals surface area (Å²) in [6.07, 6.45) is 0. The van der Waals surface area contributed by atoms with Gasteiger partial charge in [0, 0.05) is 19.3 Å². The molecule has 1 heterocycles. The molecule has 29 heavy (non-hydrogen) atoms. The van der Waals surface area contributed by atoms with Crippen molar-refractivity contribution >= 4 is 21.9 Å². The standard InChI is InChI=1S/C19H25N3O6S/c1-12-16(19(24)28-10-9-27-4)13(2)22-17(12)18(23)21-11-14-5-7-15(8-6-14)29(25,26)20-3/h5-8,20,22H,9-11H2,1-4H3,(H,21,23). The number of nitrogens with one attached hydrogen (secondary N) is 3. The van der Waals surface area contributed by atoms with Crippen molar-refractivity contribution in [1.82, 2.24) is 15.0 Å².